The van der Waals surface area contributed by atoms with Crippen LogP contribution in [0.15, 0.2) is 4.42 Å². The minimum atomic E-state index is 0.704. The van der Waals surface area contributed by atoms with Crippen LogP contribution in [0.3, 0.4) is 0 Å². The van der Waals surface area contributed by atoms with Gasteiger partial charge in [-0.2, -0.15) is 0 Å². The van der Waals surface area contributed by atoms with Gasteiger partial charge in [-0.1, -0.05) is 0 Å². The molecule has 0 saturated heterocycles. The zero-order chi connectivity index (χ0) is 10.9. The van der Waals surface area contributed by atoms with Crippen LogP contribution in [-0.2, 0) is 17.6 Å². The second-order valence-electron chi connectivity index (χ2n) is 3.24. The van der Waals surface area contributed by atoms with Crippen LogP contribution in [0.1, 0.15) is 25.1 Å². The summed E-state index contributed by atoms with van der Waals surface area (Å²) < 4.78 is 10.7. The van der Waals surface area contributed by atoms with Crippen molar-refractivity contribution >= 4 is 0 Å². The Hall–Kier alpha value is -0.940. The minimum Gasteiger partial charge on any atom is -0.425 e. The van der Waals surface area contributed by atoms with Gasteiger partial charge in [-0.3, -0.25) is 0 Å². The maximum absolute atomic E-state index is 5.45. The molecule has 0 bridgehead atoms. The number of aryl methyl sites for hydroxylation is 1. The van der Waals surface area contributed by atoms with Crippen molar-refractivity contribution in [3.63, 3.8) is 0 Å². The Morgan fingerprint density at radius 3 is 2.67 bits per heavy atom. The normalized spacial score (nSPS) is 10.8. The molecule has 1 heterocycles. The highest BCUT2D eigenvalue weighted by atomic mass is 16.5. The van der Waals surface area contributed by atoms with Crippen LogP contribution in [0.5, 0.6) is 0 Å². The summed E-state index contributed by atoms with van der Waals surface area (Å²) >= 11 is 0. The molecule has 1 rings (SSSR count). The fourth-order valence-electron chi connectivity index (χ4n) is 1.19. The summed E-state index contributed by atoms with van der Waals surface area (Å²) in [6.45, 7) is 4.37. The van der Waals surface area contributed by atoms with E-state index in [0.29, 0.717) is 11.8 Å². The van der Waals surface area contributed by atoms with Gasteiger partial charge in [0.2, 0.25) is 11.8 Å². The highest BCUT2D eigenvalue weighted by Crippen LogP contribution is 2.03. The van der Waals surface area contributed by atoms with Crippen molar-refractivity contribution in [2.45, 2.75) is 26.2 Å². The van der Waals surface area contributed by atoms with E-state index in [4.69, 9.17) is 9.15 Å². The number of hydrogen-bond acceptors (Lipinski definition) is 5. The number of nitrogens with one attached hydrogen (secondary N) is 1. The highest BCUT2D eigenvalue weighted by Gasteiger charge is 2.04. The van der Waals surface area contributed by atoms with E-state index in [1.165, 1.54) is 0 Å². The number of aromatic nitrogens is 2. The molecule has 5 heteroatoms. The average molecular weight is 213 g/mol. The highest BCUT2D eigenvalue weighted by molar-refractivity contribution is 4.82. The predicted molar refractivity (Wildman–Crippen MR) is 56.7 cm³/mol. The zero-order valence-corrected chi connectivity index (χ0v) is 9.45. The molecule has 1 aromatic rings. The van der Waals surface area contributed by atoms with Crippen LogP contribution >= 0.6 is 0 Å². The number of likely N-dealkylation sites (N-methyl/N-ethyl adjacent to an activating group) is 1. The molecule has 0 fully saturated rings. The van der Waals surface area contributed by atoms with E-state index in [-0.39, 0.29) is 0 Å². The number of nitrogens with zero attached hydrogens (tertiary/aromatic N) is 2. The molecule has 86 valence electrons. The van der Waals surface area contributed by atoms with Gasteiger partial charge in [0.25, 0.3) is 0 Å². The van der Waals surface area contributed by atoms with Gasteiger partial charge in [0.1, 0.15) is 0 Å². The standard InChI is InChI=1S/C10H19N3O2/c1-3-14-8-4-5-9-12-13-10(15-9)6-7-11-2/h11H,3-8H2,1-2H3. The van der Waals surface area contributed by atoms with Gasteiger partial charge in [-0.05, 0) is 20.4 Å². The van der Waals surface area contributed by atoms with Gasteiger partial charge < -0.3 is 14.5 Å². The molecule has 5 nitrogen and oxygen atoms in total. The van der Waals surface area contributed by atoms with Crippen molar-refractivity contribution in [3.8, 4) is 0 Å². The average Bonchev–Trinajstić information content (AvgIpc) is 2.69. The molecule has 0 radical (unpaired) electrons. The van der Waals surface area contributed by atoms with Crippen LogP contribution in [-0.4, -0.2) is 37.0 Å². The van der Waals surface area contributed by atoms with Crippen molar-refractivity contribution < 1.29 is 9.15 Å². The van der Waals surface area contributed by atoms with Crippen LogP contribution < -0.4 is 5.32 Å². The lowest BCUT2D eigenvalue weighted by Gasteiger charge is -1.97. The Bertz CT molecular complexity index is 263. The Balaban J connectivity index is 2.20. The first-order valence-corrected chi connectivity index (χ1v) is 5.40. The smallest absolute Gasteiger partial charge is 0.217 e. The predicted octanol–water partition coefficient (Wildman–Crippen LogP) is 0.801. The van der Waals surface area contributed by atoms with E-state index in [2.05, 4.69) is 15.5 Å². The Morgan fingerprint density at radius 2 is 2.00 bits per heavy atom. The number of rotatable bonds is 8. The summed E-state index contributed by atoms with van der Waals surface area (Å²) in [5.41, 5.74) is 0. The van der Waals surface area contributed by atoms with E-state index in [0.717, 1.165) is 39.0 Å². The first-order valence-electron chi connectivity index (χ1n) is 5.40. The van der Waals surface area contributed by atoms with Crippen molar-refractivity contribution in [1.29, 1.82) is 0 Å². The van der Waals surface area contributed by atoms with Crippen LogP contribution in [0.2, 0.25) is 0 Å². The quantitative estimate of drug-likeness (QED) is 0.647. The van der Waals surface area contributed by atoms with Gasteiger partial charge >= 0.3 is 0 Å². The fraction of sp³-hybridized carbons (Fsp3) is 0.800. The molecule has 1 aromatic heterocycles. The lowest BCUT2D eigenvalue weighted by atomic mass is 10.3. The second kappa shape index (κ2) is 7.36. The molecular weight excluding hydrogens is 194 g/mol. The molecule has 0 spiro atoms. The molecule has 0 saturated carbocycles. The summed E-state index contributed by atoms with van der Waals surface area (Å²) in [6, 6.07) is 0. The van der Waals surface area contributed by atoms with Crippen LogP contribution in [0.25, 0.3) is 0 Å². The lowest BCUT2D eigenvalue weighted by molar-refractivity contribution is 0.143. The lowest BCUT2D eigenvalue weighted by Crippen LogP contribution is -2.10. The van der Waals surface area contributed by atoms with Crippen molar-refractivity contribution in [2.24, 2.45) is 0 Å². The molecule has 0 aliphatic carbocycles. The Kier molecular flexibility index (Phi) is 5.96. The molecule has 0 aliphatic rings. The number of hydrogen-bond donors (Lipinski definition) is 1. The summed E-state index contributed by atoms with van der Waals surface area (Å²) in [5, 5.41) is 11.0. The third-order valence-electron chi connectivity index (χ3n) is 1.98. The molecule has 0 amide bonds. The van der Waals surface area contributed by atoms with Gasteiger partial charge in [0, 0.05) is 32.6 Å². The summed E-state index contributed by atoms with van der Waals surface area (Å²) in [6.07, 6.45) is 2.52. The maximum atomic E-state index is 5.45. The van der Waals surface area contributed by atoms with Crippen molar-refractivity contribution in [3.05, 3.63) is 11.8 Å². The maximum Gasteiger partial charge on any atom is 0.217 e. The first-order chi connectivity index (χ1) is 7.36. The number of ether oxygens (including phenoxy) is 1. The van der Waals surface area contributed by atoms with E-state index >= 15 is 0 Å². The largest absolute Gasteiger partial charge is 0.425 e. The van der Waals surface area contributed by atoms with E-state index < -0.39 is 0 Å². The second-order valence-corrected chi connectivity index (χ2v) is 3.24. The van der Waals surface area contributed by atoms with Gasteiger partial charge in [0.15, 0.2) is 0 Å². The Morgan fingerprint density at radius 1 is 1.27 bits per heavy atom. The Labute approximate surface area is 90.2 Å². The molecule has 0 unspecified atom stereocenters. The van der Waals surface area contributed by atoms with E-state index in [1.807, 2.05) is 14.0 Å². The summed E-state index contributed by atoms with van der Waals surface area (Å²) in [4.78, 5) is 0. The summed E-state index contributed by atoms with van der Waals surface area (Å²) in [5.74, 6) is 1.41. The van der Waals surface area contributed by atoms with Gasteiger partial charge in [-0.25, -0.2) is 0 Å². The molecule has 15 heavy (non-hydrogen) atoms. The van der Waals surface area contributed by atoms with Crippen molar-refractivity contribution in [2.75, 3.05) is 26.8 Å². The first kappa shape index (κ1) is 12.1. The SMILES string of the molecule is CCOCCCc1nnc(CCNC)o1. The molecule has 0 aromatic carbocycles. The van der Waals surface area contributed by atoms with Crippen LogP contribution in [0, 0.1) is 0 Å². The van der Waals surface area contributed by atoms with Crippen molar-refractivity contribution in [1.82, 2.24) is 15.5 Å². The van der Waals surface area contributed by atoms with Gasteiger partial charge in [-0.15, -0.1) is 10.2 Å². The molecule has 1 N–H and O–H groups in total. The molecular formula is C10H19N3O2. The minimum absolute atomic E-state index is 0.704. The zero-order valence-electron chi connectivity index (χ0n) is 9.45. The van der Waals surface area contributed by atoms with E-state index in [1.54, 1.807) is 0 Å². The fourth-order valence-corrected chi connectivity index (χ4v) is 1.19. The topological polar surface area (TPSA) is 60.2 Å². The molecule has 0 aliphatic heterocycles. The summed E-state index contributed by atoms with van der Waals surface area (Å²) in [7, 11) is 1.90. The third kappa shape index (κ3) is 4.90. The third-order valence-corrected chi connectivity index (χ3v) is 1.98. The monoisotopic (exact) mass is 213 g/mol. The molecule has 0 atom stereocenters. The van der Waals surface area contributed by atoms with Gasteiger partial charge in [0.05, 0.1) is 0 Å². The van der Waals surface area contributed by atoms with Crippen LogP contribution in [0.4, 0.5) is 0 Å². The van der Waals surface area contributed by atoms with E-state index in [9.17, 15) is 0 Å².